The van der Waals surface area contributed by atoms with E-state index in [1.165, 1.54) is 0 Å². The van der Waals surface area contributed by atoms with Crippen LogP contribution in [-0.4, -0.2) is 21.5 Å². The highest BCUT2D eigenvalue weighted by molar-refractivity contribution is 5.76. The highest BCUT2D eigenvalue weighted by Crippen LogP contribution is 2.18. The molecule has 17 heavy (non-hydrogen) atoms. The predicted octanol–water partition coefficient (Wildman–Crippen LogP) is 1.06. The number of hydrogen-bond acceptors (Lipinski definition) is 3. The van der Waals surface area contributed by atoms with Crippen LogP contribution in [0.4, 0.5) is 0 Å². The number of aromatic nitrogens is 2. The number of amides is 1. The molecule has 96 valence electrons. The molecule has 0 spiro atoms. The molecule has 0 saturated carbocycles. The van der Waals surface area contributed by atoms with E-state index in [1.54, 1.807) is 12.5 Å². The van der Waals surface area contributed by atoms with Crippen molar-refractivity contribution in [2.45, 2.75) is 46.3 Å². The number of rotatable bonds is 5. The van der Waals surface area contributed by atoms with Gasteiger partial charge in [0.25, 0.3) is 0 Å². The average molecular weight is 238 g/mol. The predicted molar refractivity (Wildman–Crippen MR) is 67.3 cm³/mol. The fraction of sp³-hybridized carbons (Fsp3) is 0.667. The van der Waals surface area contributed by atoms with Crippen molar-refractivity contribution in [2.24, 2.45) is 11.7 Å². The van der Waals surface area contributed by atoms with E-state index in [1.807, 2.05) is 18.4 Å². The van der Waals surface area contributed by atoms with E-state index in [-0.39, 0.29) is 24.5 Å². The molecule has 0 aromatic carbocycles. The van der Waals surface area contributed by atoms with Crippen molar-refractivity contribution in [2.75, 3.05) is 0 Å². The van der Waals surface area contributed by atoms with Crippen LogP contribution >= 0.6 is 0 Å². The molecule has 1 aromatic heterocycles. The molecule has 5 nitrogen and oxygen atoms in total. The molecule has 0 fully saturated rings. The molecule has 3 N–H and O–H groups in total. The molecule has 0 bridgehead atoms. The molecular weight excluding hydrogens is 216 g/mol. The molecule has 1 atom stereocenters. The van der Waals surface area contributed by atoms with Gasteiger partial charge in [0.1, 0.15) is 6.54 Å². The van der Waals surface area contributed by atoms with Crippen LogP contribution in [-0.2, 0) is 11.3 Å². The summed E-state index contributed by atoms with van der Waals surface area (Å²) < 4.78 is 1.81. The standard InChI is InChI=1S/C12H22N4O/c1-8(2)12(13)10-5-14-7-16(10)6-11(17)15-9(3)4/h5,7-9,12H,6,13H2,1-4H3,(H,15,17). The first kappa shape index (κ1) is 13.7. The number of hydrogen-bond donors (Lipinski definition) is 2. The summed E-state index contributed by atoms with van der Waals surface area (Å²) in [6, 6.07) is 0.0533. The van der Waals surface area contributed by atoms with Crippen LogP contribution in [0.15, 0.2) is 12.5 Å². The van der Waals surface area contributed by atoms with Gasteiger partial charge in [-0.25, -0.2) is 4.98 Å². The fourth-order valence-corrected chi connectivity index (χ4v) is 1.60. The van der Waals surface area contributed by atoms with E-state index in [0.717, 1.165) is 5.69 Å². The molecule has 1 rings (SSSR count). The Bertz CT molecular complexity index is 370. The van der Waals surface area contributed by atoms with Crippen molar-refractivity contribution in [3.63, 3.8) is 0 Å². The second kappa shape index (κ2) is 5.82. The minimum Gasteiger partial charge on any atom is -0.352 e. The van der Waals surface area contributed by atoms with Crippen molar-refractivity contribution < 1.29 is 4.79 Å². The number of carbonyl (C=O) groups is 1. The normalized spacial score (nSPS) is 13.1. The maximum absolute atomic E-state index is 11.7. The number of carbonyl (C=O) groups excluding carboxylic acids is 1. The first-order valence-corrected chi connectivity index (χ1v) is 5.96. The summed E-state index contributed by atoms with van der Waals surface area (Å²) in [6.07, 6.45) is 3.38. The van der Waals surface area contributed by atoms with Gasteiger partial charge in [0, 0.05) is 18.3 Å². The molecule has 1 aromatic rings. The van der Waals surface area contributed by atoms with E-state index >= 15 is 0 Å². The lowest BCUT2D eigenvalue weighted by Gasteiger charge is -2.18. The summed E-state index contributed by atoms with van der Waals surface area (Å²) in [5.41, 5.74) is 6.97. The van der Waals surface area contributed by atoms with Gasteiger partial charge in [-0.05, 0) is 19.8 Å². The summed E-state index contributed by atoms with van der Waals surface area (Å²) in [4.78, 5) is 15.7. The van der Waals surface area contributed by atoms with E-state index in [4.69, 9.17) is 5.73 Å². The SMILES string of the molecule is CC(C)NC(=O)Cn1cncc1C(N)C(C)C. The summed E-state index contributed by atoms with van der Waals surface area (Å²) in [5, 5.41) is 2.85. The van der Waals surface area contributed by atoms with Crippen molar-refractivity contribution in [3.8, 4) is 0 Å². The first-order chi connectivity index (χ1) is 7.91. The molecule has 0 saturated heterocycles. The van der Waals surface area contributed by atoms with Crippen LogP contribution in [0, 0.1) is 5.92 Å². The maximum Gasteiger partial charge on any atom is 0.240 e. The zero-order valence-electron chi connectivity index (χ0n) is 11.0. The second-order valence-corrected chi connectivity index (χ2v) is 4.94. The number of nitrogens with two attached hydrogens (primary N) is 1. The van der Waals surface area contributed by atoms with Gasteiger partial charge >= 0.3 is 0 Å². The average Bonchev–Trinajstić information content (AvgIpc) is 2.62. The molecule has 0 aliphatic carbocycles. The van der Waals surface area contributed by atoms with Crippen LogP contribution in [0.2, 0.25) is 0 Å². The van der Waals surface area contributed by atoms with Gasteiger partial charge in [-0.1, -0.05) is 13.8 Å². The monoisotopic (exact) mass is 238 g/mol. The molecular formula is C12H22N4O. The van der Waals surface area contributed by atoms with Crippen LogP contribution in [0.1, 0.15) is 39.4 Å². The summed E-state index contributed by atoms with van der Waals surface area (Å²) in [7, 11) is 0. The van der Waals surface area contributed by atoms with Crippen molar-refractivity contribution in [1.29, 1.82) is 0 Å². The zero-order valence-corrected chi connectivity index (χ0v) is 11.0. The third-order valence-corrected chi connectivity index (χ3v) is 2.57. The Kier molecular flexibility index (Phi) is 4.69. The summed E-state index contributed by atoms with van der Waals surface area (Å²) in [5.74, 6) is 0.300. The summed E-state index contributed by atoms with van der Waals surface area (Å²) in [6.45, 7) is 8.25. The highest BCUT2D eigenvalue weighted by Gasteiger charge is 2.16. The third-order valence-electron chi connectivity index (χ3n) is 2.57. The topological polar surface area (TPSA) is 72.9 Å². The molecule has 0 aliphatic heterocycles. The minimum absolute atomic E-state index is 0.0183. The van der Waals surface area contributed by atoms with Crippen LogP contribution in [0.3, 0.4) is 0 Å². The Balaban J connectivity index is 2.72. The second-order valence-electron chi connectivity index (χ2n) is 4.94. The van der Waals surface area contributed by atoms with Crippen molar-refractivity contribution in [1.82, 2.24) is 14.9 Å². The van der Waals surface area contributed by atoms with Crippen LogP contribution in [0.25, 0.3) is 0 Å². The van der Waals surface area contributed by atoms with Gasteiger partial charge in [0.15, 0.2) is 0 Å². The molecule has 1 heterocycles. The Morgan fingerprint density at radius 2 is 2.12 bits per heavy atom. The lowest BCUT2D eigenvalue weighted by molar-refractivity contribution is -0.122. The van der Waals surface area contributed by atoms with Crippen molar-refractivity contribution in [3.05, 3.63) is 18.2 Å². The van der Waals surface area contributed by atoms with Crippen LogP contribution < -0.4 is 11.1 Å². The number of imidazole rings is 1. The van der Waals surface area contributed by atoms with Gasteiger partial charge in [-0.15, -0.1) is 0 Å². The van der Waals surface area contributed by atoms with Crippen molar-refractivity contribution >= 4 is 5.91 Å². The van der Waals surface area contributed by atoms with Gasteiger partial charge in [0.05, 0.1) is 12.0 Å². The molecule has 0 radical (unpaired) electrons. The molecule has 5 heteroatoms. The third kappa shape index (κ3) is 3.85. The first-order valence-electron chi connectivity index (χ1n) is 5.96. The van der Waals surface area contributed by atoms with Gasteiger partial charge in [-0.2, -0.15) is 0 Å². The minimum atomic E-state index is -0.0932. The summed E-state index contributed by atoms with van der Waals surface area (Å²) >= 11 is 0. The Hall–Kier alpha value is -1.36. The largest absolute Gasteiger partial charge is 0.352 e. The zero-order chi connectivity index (χ0) is 13.0. The van der Waals surface area contributed by atoms with Crippen LogP contribution in [0.5, 0.6) is 0 Å². The molecule has 0 aliphatic rings. The Labute approximate surface area is 102 Å². The van der Waals surface area contributed by atoms with E-state index in [2.05, 4.69) is 24.1 Å². The molecule has 1 unspecified atom stereocenters. The van der Waals surface area contributed by atoms with Gasteiger partial charge in [0.2, 0.25) is 5.91 Å². The lowest BCUT2D eigenvalue weighted by atomic mass is 10.0. The Morgan fingerprint density at radius 1 is 1.47 bits per heavy atom. The Morgan fingerprint density at radius 3 is 2.65 bits per heavy atom. The lowest BCUT2D eigenvalue weighted by Crippen LogP contribution is -2.34. The van der Waals surface area contributed by atoms with E-state index in [9.17, 15) is 4.79 Å². The van der Waals surface area contributed by atoms with E-state index in [0.29, 0.717) is 5.92 Å². The smallest absolute Gasteiger partial charge is 0.240 e. The van der Waals surface area contributed by atoms with Gasteiger partial charge < -0.3 is 15.6 Å². The number of nitrogens with one attached hydrogen (secondary N) is 1. The maximum atomic E-state index is 11.7. The quantitative estimate of drug-likeness (QED) is 0.805. The molecule has 1 amide bonds. The van der Waals surface area contributed by atoms with E-state index < -0.39 is 0 Å². The highest BCUT2D eigenvalue weighted by atomic mass is 16.2. The van der Waals surface area contributed by atoms with Gasteiger partial charge in [-0.3, -0.25) is 4.79 Å². The number of nitrogens with zero attached hydrogens (tertiary/aromatic N) is 2. The fourth-order valence-electron chi connectivity index (χ4n) is 1.60.